The van der Waals surface area contributed by atoms with Crippen molar-refractivity contribution in [2.75, 3.05) is 0 Å². The molecule has 0 radical (unpaired) electrons. The van der Waals surface area contributed by atoms with E-state index in [1.54, 1.807) is 36.4 Å². The number of nitrogens with zero attached hydrogens (tertiary/aromatic N) is 3. The van der Waals surface area contributed by atoms with Crippen molar-refractivity contribution in [3.8, 4) is 5.75 Å². The van der Waals surface area contributed by atoms with Crippen molar-refractivity contribution in [3.63, 3.8) is 0 Å². The Balaban J connectivity index is 2.06. The highest BCUT2D eigenvalue weighted by atomic mass is 19.1. The van der Waals surface area contributed by atoms with Crippen LogP contribution in [0.2, 0.25) is 0 Å². The summed E-state index contributed by atoms with van der Waals surface area (Å²) in [6.07, 6.45) is 0. The first-order valence-electron chi connectivity index (χ1n) is 5.30. The molecule has 2 aromatic rings. The predicted molar refractivity (Wildman–Crippen MR) is 66.0 cm³/mol. The largest absolute Gasteiger partial charge is 0.489 e. The lowest BCUT2D eigenvalue weighted by Crippen LogP contribution is -1.95. The summed E-state index contributed by atoms with van der Waals surface area (Å²) in [5.74, 6) is 0.281. The van der Waals surface area contributed by atoms with Gasteiger partial charge in [-0.2, -0.15) is 0 Å². The van der Waals surface area contributed by atoms with E-state index in [4.69, 9.17) is 10.3 Å². The molecular weight excluding hydrogens is 233 g/mol. The topological polar surface area (TPSA) is 58.0 Å². The maximum absolute atomic E-state index is 12.9. The Labute approximate surface area is 103 Å². The second-order valence-electron chi connectivity index (χ2n) is 3.61. The van der Waals surface area contributed by atoms with Crippen molar-refractivity contribution in [2.24, 2.45) is 5.11 Å². The van der Waals surface area contributed by atoms with Crippen LogP contribution in [0.15, 0.2) is 53.6 Å². The molecule has 0 bridgehead atoms. The molecule has 0 heterocycles. The molecule has 0 aromatic heterocycles. The monoisotopic (exact) mass is 243 g/mol. The van der Waals surface area contributed by atoms with Gasteiger partial charge in [0.15, 0.2) is 0 Å². The van der Waals surface area contributed by atoms with Crippen LogP contribution < -0.4 is 4.74 Å². The first-order chi connectivity index (χ1) is 8.78. The zero-order chi connectivity index (χ0) is 12.8. The van der Waals surface area contributed by atoms with Gasteiger partial charge in [-0.15, -0.1) is 0 Å². The summed E-state index contributed by atoms with van der Waals surface area (Å²) < 4.78 is 18.4. The molecule has 18 heavy (non-hydrogen) atoms. The van der Waals surface area contributed by atoms with E-state index in [1.807, 2.05) is 0 Å². The molecule has 0 aliphatic rings. The van der Waals surface area contributed by atoms with Gasteiger partial charge in [-0.1, -0.05) is 29.4 Å². The lowest BCUT2D eigenvalue weighted by Gasteiger charge is -2.06. The van der Waals surface area contributed by atoms with Crippen molar-refractivity contribution >= 4 is 5.69 Å². The van der Waals surface area contributed by atoms with Crippen LogP contribution in [-0.2, 0) is 6.61 Å². The summed E-state index contributed by atoms with van der Waals surface area (Å²) in [6.45, 7) is 0.261. The fraction of sp³-hybridized carbons (Fsp3) is 0.0769. The van der Waals surface area contributed by atoms with Gasteiger partial charge >= 0.3 is 0 Å². The first-order valence-corrected chi connectivity index (χ1v) is 5.30. The fourth-order valence-corrected chi connectivity index (χ4v) is 1.48. The molecule has 0 saturated carbocycles. The van der Waals surface area contributed by atoms with Crippen LogP contribution in [0.1, 0.15) is 5.56 Å². The molecule has 0 atom stereocenters. The second-order valence-corrected chi connectivity index (χ2v) is 3.61. The van der Waals surface area contributed by atoms with Crippen molar-refractivity contribution in [1.29, 1.82) is 0 Å². The molecule has 5 heteroatoms. The standard InChI is InChI=1S/C13H10FN3O/c14-11-4-1-3-10(7-11)9-18-13-6-2-5-12(8-13)16-17-15/h1-8H,9H2. The zero-order valence-corrected chi connectivity index (χ0v) is 9.45. The van der Waals surface area contributed by atoms with Gasteiger partial charge in [0.25, 0.3) is 0 Å². The van der Waals surface area contributed by atoms with Crippen LogP contribution in [0.3, 0.4) is 0 Å². The Morgan fingerprint density at radius 3 is 2.78 bits per heavy atom. The normalized spacial score (nSPS) is 9.61. The average Bonchev–Trinajstić information content (AvgIpc) is 2.37. The van der Waals surface area contributed by atoms with E-state index >= 15 is 0 Å². The molecule has 0 N–H and O–H groups in total. The third-order valence-corrected chi connectivity index (χ3v) is 2.27. The smallest absolute Gasteiger partial charge is 0.123 e. The Bertz CT molecular complexity index is 594. The fourth-order valence-electron chi connectivity index (χ4n) is 1.48. The highest BCUT2D eigenvalue weighted by Gasteiger charge is 1.98. The molecule has 0 unspecified atom stereocenters. The Morgan fingerprint density at radius 1 is 1.17 bits per heavy atom. The molecule has 4 nitrogen and oxygen atoms in total. The van der Waals surface area contributed by atoms with Crippen LogP contribution in [0, 0.1) is 5.82 Å². The SMILES string of the molecule is [N-]=[N+]=Nc1cccc(OCc2cccc(F)c2)c1. The Kier molecular flexibility index (Phi) is 3.79. The van der Waals surface area contributed by atoms with Gasteiger partial charge in [0.05, 0.1) is 0 Å². The molecule has 0 aliphatic carbocycles. The van der Waals surface area contributed by atoms with Gasteiger partial charge in [0, 0.05) is 10.6 Å². The van der Waals surface area contributed by atoms with Crippen LogP contribution >= 0.6 is 0 Å². The third-order valence-electron chi connectivity index (χ3n) is 2.27. The summed E-state index contributed by atoms with van der Waals surface area (Å²) in [4.78, 5) is 2.70. The molecule has 90 valence electrons. The minimum absolute atomic E-state index is 0.261. The van der Waals surface area contributed by atoms with Crippen LogP contribution in [0.4, 0.5) is 10.1 Å². The number of ether oxygens (including phenoxy) is 1. The molecule has 0 spiro atoms. The molecule has 0 saturated heterocycles. The molecule has 2 rings (SSSR count). The van der Waals surface area contributed by atoms with Gasteiger partial charge in [-0.05, 0) is 35.4 Å². The summed E-state index contributed by atoms with van der Waals surface area (Å²) in [7, 11) is 0. The lowest BCUT2D eigenvalue weighted by atomic mass is 10.2. The minimum atomic E-state index is -0.293. The highest BCUT2D eigenvalue weighted by molar-refractivity contribution is 5.43. The van der Waals surface area contributed by atoms with Crippen LogP contribution in [0.25, 0.3) is 10.4 Å². The predicted octanol–water partition coefficient (Wildman–Crippen LogP) is 4.35. The number of hydrogen-bond donors (Lipinski definition) is 0. The number of rotatable bonds is 4. The minimum Gasteiger partial charge on any atom is -0.489 e. The van der Waals surface area contributed by atoms with Crippen molar-refractivity contribution in [1.82, 2.24) is 0 Å². The second kappa shape index (κ2) is 5.70. The van der Waals surface area contributed by atoms with E-state index in [0.29, 0.717) is 11.4 Å². The van der Waals surface area contributed by atoms with Crippen LogP contribution in [0.5, 0.6) is 5.75 Å². The van der Waals surface area contributed by atoms with E-state index < -0.39 is 0 Å². The first kappa shape index (κ1) is 12.0. The van der Waals surface area contributed by atoms with E-state index in [0.717, 1.165) is 5.56 Å². The average molecular weight is 243 g/mol. The number of halogens is 1. The van der Waals surface area contributed by atoms with E-state index in [-0.39, 0.29) is 12.4 Å². The third kappa shape index (κ3) is 3.23. The van der Waals surface area contributed by atoms with E-state index in [9.17, 15) is 4.39 Å². The summed E-state index contributed by atoms with van der Waals surface area (Å²) in [6, 6.07) is 13.0. The highest BCUT2D eigenvalue weighted by Crippen LogP contribution is 2.21. The summed E-state index contributed by atoms with van der Waals surface area (Å²) >= 11 is 0. The molecule has 2 aromatic carbocycles. The van der Waals surface area contributed by atoms with Gasteiger partial charge in [0.1, 0.15) is 18.2 Å². The molecule has 0 fully saturated rings. The summed E-state index contributed by atoms with van der Waals surface area (Å²) in [5.41, 5.74) is 9.55. The Morgan fingerprint density at radius 2 is 2.00 bits per heavy atom. The summed E-state index contributed by atoms with van der Waals surface area (Å²) in [5, 5.41) is 3.48. The van der Waals surface area contributed by atoms with Gasteiger partial charge in [0.2, 0.25) is 0 Å². The van der Waals surface area contributed by atoms with Crippen molar-refractivity contribution < 1.29 is 9.13 Å². The number of azide groups is 1. The van der Waals surface area contributed by atoms with E-state index in [1.165, 1.54) is 12.1 Å². The van der Waals surface area contributed by atoms with Gasteiger partial charge < -0.3 is 4.74 Å². The van der Waals surface area contributed by atoms with E-state index in [2.05, 4.69) is 10.0 Å². The maximum atomic E-state index is 12.9. The van der Waals surface area contributed by atoms with Crippen molar-refractivity contribution in [2.45, 2.75) is 6.61 Å². The Hall–Kier alpha value is -2.52. The maximum Gasteiger partial charge on any atom is 0.123 e. The zero-order valence-electron chi connectivity index (χ0n) is 9.45. The number of benzene rings is 2. The number of hydrogen-bond acceptors (Lipinski definition) is 2. The van der Waals surface area contributed by atoms with Crippen LogP contribution in [-0.4, -0.2) is 0 Å². The molecule has 0 aliphatic heterocycles. The van der Waals surface area contributed by atoms with Crippen molar-refractivity contribution in [3.05, 3.63) is 70.4 Å². The quantitative estimate of drug-likeness (QED) is 0.447. The van der Waals surface area contributed by atoms with Gasteiger partial charge in [-0.3, -0.25) is 0 Å². The molecule has 0 amide bonds. The molecular formula is C13H10FN3O. The van der Waals surface area contributed by atoms with Gasteiger partial charge in [-0.25, -0.2) is 4.39 Å². The lowest BCUT2D eigenvalue weighted by molar-refractivity contribution is 0.305.